The van der Waals surface area contributed by atoms with Gasteiger partial charge in [0.2, 0.25) is 5.91 Å². The number of nitrogens with zero attached hydrogens (tertiary/aromatic N) is 1. The Morgan fingerprint density at radius 1 is 1.17 bits per heavy atom. The van der Waals surface area contributed by atoms with E-state index in [2.05, 4.69) is 5.32 Å². The Balaban J connectivity index is 1.46. The molecular formula is C17H22N2O5. The maximum Gasteiger partial charge on any atom is 0.251 e. The zero-order valence-corrected chi connectivity index (χ0v) is 13.7. The number of methoxy groups -OCH3 is 1. The highest BCUT2D eigenvalue weighted by atomic mass is 16.7. The first-order valence-corrected chi connectivity index (χ1v) is 8.10. The average Bonchev–Trinajstić information content (AvgIpc) is 3.08. The van der Waals surface area contributed by atoms with E-state index in [0.29, 0.717) is 50.5 Å². The number of amides is 2. The van der Waals surface area contributed by atoms with Gasteiger partial charge < -0.3 is 24.4 Å². The number of rotatable bonds is 4. The molecule has 2 fully saturated rings. The summed E-state index contributed by atoms with van der Waals surface area (Å²) in [5.74, 6) is -0.184. The normalized spacial score (nSPS) is 19.3. The summed E-state index contributed by atoms with van der Waals surface area (Å²) < 4.78 is 16.3. The number of carbonyl (C=O) groups excluding carboxylic acids is 2. The zero-order valence-electron chi connectivity index (χ0n) is 13.7. The summed E-state index contributed by atoms with van der Waals surface area (Å²) in [5, 5.41) is 2.66. The molecule has 0 atom stereocenters. The van der Waals surface area contributed by atoms with Gasteiger partial charge in [0.05, 0.1) is 26.9 Å². The molecule has 3 rings (SSSR count). The monoisotopic (exact) mass is 334 g/mol. The third-order valence-corrected chi connectivity index (χ3v) is 4.44. The number of nitrogens with one attached hydrogen (secondary N) is 1. The molecule has 2 aliphatic heterocycles. The SMILES string of the molecule is COc1ccc(C(=O)NCC(=O)N2CCC3(CC2)OCCO3)cc1. The van der Waals surface area contributed by atoms with Crippen molar-refractivity contribution < 1.29 is 23.8 Å². The Hall–Kier alpha value is -2.12. The van der Waals surface area contributed by atoms with Gasteiger partial charge in [-0.05, 0) is 24.3 Å². The summed E-state index contributed by atoms with van der Waals surface area (Å²) in [7, 11) is 1.57. The summed E-state index contributed by atoms with van der Waals surface area (Å²) in [5.41, 5.74) is 0.494. The average molecular weight is 334 g/mol. The number of hydrogen-bond acceptors (Lipinski definition) is 5. The van der Waals surface area contributed by atoms with E-state index in [1.165, 1.54) is 0 Å². The van der Waals surface area contributed by atoms with Crippen molar-refractivity contribution in [2.45, 2.75) is 18.6 Å². The quantitative estimate of drug-likeness (QED) is 0.881. The molecule has 130 valence electrons. The molecule has 2 saturated heterocycles. The zero-order chi connectivity index (χ0) is 17.0. The molecule has 0 aliphatic carbocycles. The van der Waals surface area contributed by atoms with E-state index in [0.717, 1.165) is 0 Å². The van der Waals surface area contributed by atoms with Gasteiger partial charge in [-0.2, -0.15) is 0 Å². The highest BCUT2D eigenvalue weighted by molar-refractivity contribution is 5.96. The van der Waals surface area contributed by atoms with Gasteiger partial charge in [0.25, 0.3) is 5.91 Å². The molecule has 2 heterocycles. The van der Waals surface area contributed by atoms with Crippen LogP contribution in [0.15, 0.2) is 24.3 Å². The van der Waals surface area contributed by atoms with Crippen LogP contribution in [0.3, 0.4) is 0 Å². The Bertz CT molecular complexity index is 586. The Morgan fingerprint density at radius 2 is 1.79 bits per heavy atom. The van der Waals surface area contributed by atoms with Gasteiger partial charge >= 0.3 is 0 Å². The van der Waals surface area contributed by atoms with Crippen LogP contribution in [0.5, 0.6) is 5.75 Å². The van der Waals surface area contributed by atoms with Crippen molar-refractivity contribution in [1.82, 2.24) is 10.2 Å². The fraction of sp³-hybridized carbons (Fsp3) is 0.529. The molecule has 1 N–H and O–H groups in total. The lowest BCUT2D eigenvalue weighted by Crippen LogP contribution is -2.49. The lowest BCUT2D eigenvalue weighted by atomic mass is 10.0. The van der Waals surface area contributed by atoms with Crippen molar-refractivity contribution in [2.75, 3.05) is 40.0 Å². The molecular weight excluding hydrogens is 312 g/mol. The maximum atomic E-state index is 12.2. The molecule has 1 aromatic carbocycles. The summed E-state index contributed by atoms with van der Waals surface area (Å²) in [6, 6.07) is 6.75. The predicted octanol–water partition coefficient (Wildman–Crippen LogP) is 0.790. The molecule has 0 radical (unpaired) electrons. The molecule has 1 spiro atoms. The van der Waals surface area contributed by atoms with Crippen molar-refractivity contribution in [1.29, 1.82) is 0 Å². The van der Waals surface area contributed by atoms with Gasteiger partial charge in [0.1, 0.15) is 5.75 Å². The summed E-state index contributed by atoms with van der Waals surface area (Å²) in [4.78, 5) is 26.1. The molecule has 0 unspecified atom stereocenters. The number of benzene rings is 1. The fourth-order valence-electron chi connectivity index (χ4n) is 2.99. The van der Waals surface area contributed by atoms with Crippen LogP contribution in [-0.2, 0) is 14.3 Å². The van der Waals surface area contributed by atoms with Gasteiger partial charge in [-0.15, -0.1) is 0 Å². The minimum absolute atomic E-state index is 0.0143. The molecule has 7 nitrogen and oxygen atoms in total. The van der Waals surface area contributed by atoms with Crippen molar-refractivity contribution in [3.05, 3.63) is 29.8 Å². The molecule has 0 bridgehead atoms. The molecule has 1 aromatic rings. The third-order valence-electron chi connectivity index (χ3n) is 4.44. The maximum absolute atomic E-state index is 12.2. The van der Waals surface area contributed by atoms with Gasteiger partial charge in [-0.1, -0.05) is 0 Å². The van der Waals surface area contributed by atoms with Gasteiger partial charge in [-0.3, -0.25) is 9.59 Å². The van der Waals surface area contributed by atoms with Crippen molar-refractivity contribution in [3.8, 4) is 5.75 Å². The van der Waals surface area contributed by atoms with Gasteiger partial charge in [0, 0.05) is 31.5 Å². The van der Waals surface area contributed by atoms with Crippen molar-refractivity contribution >= 4 is 11.8 Å². The molecule has 7 heteroatoms. The first-order valence-electron chi connectivity index (χ1n) is 8.10. The molecule has 2 amide bonds. The van der Waals surface area contributed by atoms with Crippen LogP contribution < -0.4 is 10.1 Å². The molecule has 0 aromatic heterocycles. The lowest BCUT2D eigenvalue weighted by molar-refractivity contribution is -0.187. The second-order valence-electron chi connectivity index (χ2n) is 5.90. The number of likely N-dealkylation sites (tertiary alicyclic amines) is 1. The van der Waals surface area contributed by atoms with E-state index in [9.17, 15) is 9.59 Å². The topological polar surface area (TPSA) is 77.1 Å². The van der Waals surface area contributed by atoms with Crippen LogP contribution in [0.2, 0.25) is 0 Å². The fourth-order valence-corrected chi connectivity index (χ4v) is 2.99. The van der Waals surface area contributed by atoms with Crippen LogP contribution in [0.4, 0.5) is 0 Å². The first kappa shape index (κ1) is 16.7. The highest BCUT2D eigenvalue weighted by Gasteiger charge is 2.40. The second kappa shape index (κ2) is 7.19. The van der Waals surface area contributed by atoms with Crippen molar-refractivity contribution in [3.63, 3.8) is 0 Å². The van der Waals surface area contributed by atoms with E-state index in [-0.39, 0.29) is 18.4 Å². The van der Waals surface area contributed by atoms with E-state index in [4.69, 9.17) is 14.2 Å². The smallest absolute Gasteiger partial charge is 0.251 e. The summed E-state index contributed by atoms with van der Waals surface area (Å²) in [6.45, 7) is 2.38. The number of ether oxygens (including phenoxy) is 3. The van der Waals surface area contributed by atoms with Gasteiger partial charge in [0.15, 0.2) is 5.79 Å². The van der Waals surface area contributed by atoms with E-state index < -0.39 is 5.79 Å². The molecule has 24 heavy (non-hydrogen) atoms. The van der Waals surface area contributed by atoms with Crippen LogP contribution in [0.25, 0.3) is 0 Å². The lowest BCUT2D eigenvalue weighted by Gasteiger charge is -2.37. The predicted molar refractivity (Wildman–Crippen MR) is 85.8 cm³/mol. The molecule has 2 aliphatic rings. The number of piperidine rings is 1. The molecule has 0 saturated carbocycles. The summed E-state index contributed by atoms with van der Waals surface area (Å²) in [6.07, 6.45) is 1.34. The van der Waals surface area contributed by atoms with Crippen molar-refractivity contribution in [2.24, 2.45) is 0 Å². The van der Waals surface area contributed by atoms with E-state index in [1.807, 2.05) is 0 Å². The van der Waals surface area contributed by atoms with Crippen LogP contribution >= 0.6 is 0 Å². The van der Waals surface area contributed by atoms with E-state index in [1.54, 1.807) is 36.3 Å². The van der Waals surface area contributed by atoms with Crippen LogP contribution in [-0.4, -0.2) is 62.5 Å². The third kappa shape index (κ3) is 3.68. The Kier molecular flexibility index (Phi) is 5.01. The van der Waals surface area contributed by atoms with Gasteiger partial charge in [-0.25, -0.2) is 0 Å². The number of carbonyl (C=O) groups is 2. The standard InChI is InChI=1S/C17H22N2O5/c1-22-14-4-2-13(3-5-14)16(21)18-12-15(20)19-8-6-17(7-9-19)23-10-11-24-17/h2-5H,6-12H2,1H3,(H,18,21). The largest absolute Gasteiger partial charge is 0.497 e. The van der Waals surface area contributed by atoms with Crippen LogP contribution in [0.1, 0.15) is 23.2 Å². The Labute approximate surface area is 140 Å². The number of hydrogen-bond donors (Lipinski definition) is 1. The first-order chi connectivity index (χ1) is 11.6. The minimum atomic E-state index is -0.497. The van der Waals surface area contributed by atoms with E-state index >= 15 is 0 Å². The summed E-state index contributed by atoms with van der Waals surface area (Å²) >= 11 is 0. The minimum Gasteiger partial charge on any atom is -0.497 e. The second-order valence-corrected chi connectivity index (χ2v) is 5.90. The highest BCUT2D eigenvalue weighted by Crippen LogP contribution is 2.31. The van der Waals surface area contributed by atoms with Crippen LogP contribution in [0, 0.1) is 0 Å². The Morgan fingerprint density at radius 3 is 2.38 bits per heavy atom.